The van der Waals surface area contributed by atoms with Crippen LogP contribution in [0, 0.1) is 6.07 Å². The van der Waals surface area contributed by atoms with Crippen molar-refractivity contribution >= 4 is 24.5 Å². The van der Waals surface area contributed by atoms with Crippen molar-refractivity contribution in [1.29, 1.82) is 0 Å². The van der Waals surface area contributed by atoms with Gasteiger partial charge in [0.25, 0.3) is 5.97 Å². The molecule has 1 N–H and O–H groups in total. The average molecular weight is 444 g/mol. The summed E-state index contributed by atoms with van der Waals surface area (Å²) in [6.45, 7) is 3.42. The van der Waals surface area contributed by atoms with Crippen LogP contribution in [0.4, 0.5) is 0 Å². The Balaban J connectivity index is 0.000000568. The molecule has 0 saturated heterocycles. The predicted molar refractivity (Wildman–Crippen MR) is 103 cm³/mol. The molecular weight excluding hydrogens is 422 g/mol. The predicted octanol–water partition coefficient (Wildman–Crippen LogP) is 4.22. The summed E-state index contributed by atoms with van der Waals surface area (Å²) in [6, 6.07) is 31.5. The van der Waals surface area contributed by atoms with E-state index in [0.29, 0.717) is 5.66 Å². The minimum Gasteiger partial charge on any atom is -0.481 e. The molecule has 25 heavy (non-hydrogen) atoms. The number of hydrogen-bond acceptors (Lipinski definition) is 1. The number of aliphatic carboxylic acids is 1. The van der Waals surface area contributed by atoms with Crippen molar-refractivity contribution in [2.45, 2.75) is 19.5 Å². The molecule has 132 valence electrons. The van der Waals surface area contributed by atoms with E-state index in [0.717, 1.165) is 6.92 Å². The van der Waals surface area contributed by atoms with Crippen molar-refractivity contribution in [2.24, 2.45) is 0 Å². The number of rotatable bonds is 4. The Morgan fingerprint density at radius 3 is 1.84 bits per heavy atom. The first-order chi connectivity index (χ1) is 11.6. The fourth-order valence-electron chi connectivity index (χ4n) is 2.67. The molecule has 0 amide bonds. The molecule has 1 unspecified atom stereocenters. The number of carboxylic acid groups (broad SMARTS) is 1. The summed E-state index contributed by atoms with van der Waals surface area (Å²) < 4.78 is 0. The third kappa shape index (κ3) is 6.64. The van der Waals surface area contributed by atoms with Crippen LogP contribution in [-0.2, 0) is 25.2 Å². The van der Waals surface area contributed by atoms with Gasteiger partial charge in [-0.3, -0.25) is 10.4 Å². The van der Waals surface area contributed by atoms with Gasteiger partial charge < -0.3 is 29.4 Å². The number of carboxylic acids is 1. The SMILES string of the molecule is CC(=O)O.CC(c1[c-]c[cH-]c1)[PH+](c1ccccc1)c1ccccc1.[Pd+2]. The third-order valence-corrected chi connectivity index (χ3v) is 6.78. The summed E-state index contributed by atoms with van der Waals surface area (Å²) in [5.74, 6) is -0.833. The molecule has 0 heterocycles. The van der Waals surface area contributed by atoms with E-state index >= 15 is 0 Å². The van der Waals surface area contributed by atoms with Gasteiger partial charge in [0.15, 0.2) is 0 Å². The van der Waals surface area contributed by atoms with E-state index in [2.05, 4.69) is 85.8 Å². The molecule has 4 heteroatoms. The summed E-state index contributed by atoms with van der Waals surface area (Å²) >= 11 is 0. The van der Waals surface area contributed by atoms with E-state index < -0.39 is 13.9 Å². The number of benzene rings is 2. The van der Waals surface area contributed by atoms with Gasteiger partial charge in [0, 0.05) is 6.92 Å². The molecule has 0 bridgehead atoms. The second-order valence-corrected chi connectivity index (χ2v) is 8.36. The van der Waals surface area contributed by atoms with Crippen LogP contribution >= 0.6 is 7.92 Å². The topological polar surface area (TPSA) is 37.3 Å². The van der Waals surface area contributed by atoms with Crippen LogP contribution in [0.25, 0.3) is 0 Å². The maximum atomic E-state index is 9.00. The van der Waals surface area contributed by atoms with Gasteiger partial charge in [0.1, 0.15) is 0 Å². The summed E-state index contributed by atoms with van der Waals surface area (Å²) in [4.78, 5) is 9.00. The summed E-state index contributed by atoms with van der Waals surface area (Å²) in [6.07, 6.45) is 0. The van der Waals surface area contributed by atoms with Crippen LogP contribution in [0.5, 0.6) is 0 Å². The molecule has 2 nitrogen and oxygen atoms in total. The smallest absolute Gasteiger partial charge is 0.481 e. The van der Waals surface area contributed by atoms with Gasteiger partial charge in [-0.2, -0.15) is 0 Å². The molecule has 3 aromatic carbocycles. The standard InChI is InChI=1S/C19H17P.C2H4O2.Pd/c1-16(17-10-8-9-11-17)20(18-12-4-2-5-13-18)19-14-6-3-7-15-19;1-2(3)4;/h2-10,12-16H,1H3;1H3,(H,3,4);/q-2;;+2/p+1. The van der Waals surface area contributed by atoms with E-state index in [9.17, 15) is 0 Å². The van der Waals surface area contributed by atoms with Crippen molar-refractivity contribution in [3.8, 4) is 0 Å². The van der Waals surface area contributed by atoms with Crippen molar-refractivity contribution in [1.82, 2.24) is 0 Å². The quantitative estimate of drug-likeness (QED) is 0.372. The zero-order valence-corrected chi connectivity index (χ0v) is 16.8. The fraction of sp³-hybridized carbons (Fsp3) is 0.143. The van der Waals surface area contributed by atoms with Crippen LogP contribution in [0.15, 0.2) is 78.9 Å². The zero-order valence-electron chi connectivity index (χ0n) is 14.3. The maximum Gasteiger partial charge on any atom is 2.00 e. The molecule has 0 radical (unpaired) electrons. The molecule has 1 atom stereocenters. The first-order valence-electron chi connectivity index (χ1n) is 7.90. The molecule has 0 aromatic heterocycles. The maximum absolute atomic E-state index is 9.00. The Bertz CT molecular complexity index is 684. The van der Waals surface area contributed by atoms with Gasteiger partial charge in [-0.15, -0.1) is 0 Å². The van der Waals surface area contributed by atoms with Gasteiger partial charge >= 0.3 is 20.4 Å². The molecule has 0 aliphatic carbocycles. The van der Waals surface area contributed by atoms with E-state index in [1.54, 1.807) is 0 Å². The Morgan fingerprint density at radius 2 is 1.48 bits per heavy atom. The Kier molecular flexibility index (Phi) is 9.47. The Morgan fingerprint density at radius 1 is 1.04 bits per heavy atom. The number of carbonyl (C=O) groups is 1. The summed E-state index contributed by atoms with van der Waals surface area (Å²) in [5.41, 5.74) is 1.84. The molecule has 0 fully saturated rings. The monoisotopic (exact) mass is 443 g/mol. The van der Waals surface area contributed by atoms with Gasteiger partial charge in [-0.25, -0.2) is 0 Å². The van der Waals surface area contributed by atoms with E-state index in [1.165, 1.54) is 16.2 Å². The van der Waals surface area contributed by atoms with Crippen LogP contribution in [0.3, 0.4) is 0 Å². The van der Waals surface area contributed by atoms with E-state index in [4.69, 9.17) is 9.90 Å². The molecule has 3 aromatic rings. The minimum atomic E-state index is -0.833. The largest absolute Gasteiger partial charge is 2.00 e. The van der Waals surface area contributed by atoms with E-state index in [-0.39, 0.29) is 20.4 Å². The fourth-order valence-corrected chi connectivity index (χ4v) is 5.60. The van der Waals surface area contributed by atoms with Crippen molar-refractivity contribution in [3.63, 3.8) is 0 Å². The molecule has 0 aliphatic rings. The first kappa shape index (κ1) is 21.4. The van der Waals surface area contributed by atoms with Crippen LogP contribution < -0.4 is 10.6 Å². The molecule has 3 rings (SSSR count). The second kappa shape index (κ2) is 11.1. The zero-order chi connectivity index (χ0) is 17.4. The molecule has 0 saturated carbocycles. The van der Waals surface area contributed by atoms with Gasteiger partial charge in [0.2, 0.25) is 0 Å². The second-order valence-electron chi connectivity index (χ2n) is 5.51. The van der Waals surface area contributed by atoms with Crippen LogP contribution in [0.1, 0.15) is 25.1 Å². The van der Waals surface area contributed by atoms with E-state index in [1.807, 2.05) is 6.07 Å². The van der Waals surface area contributed by atoms with Crippen LogP contribution in [-0.4, -0.2) is 11.1 Å². The Labute approximate surface area is 164 Å². The normalized spacial score (nSPS) is 11.0. The van der Waals surface area contributed by atoms with Crippen molar-refractivity contribution < 1.29 is 30.3 Å². The Hall–Kier alpha value is -1.65. The third-order valence-electron chi connectivity index (χ3n) is 3.69. The van der Waals surface area contributed by atoms with Crippen molar-refractivity contribution in [3.05, 3.63) is 90.5 Å². The van der Waals surface area contributed by atoms with Crippen LogP contribution in [0.2, 0.25) is 0 Å². The molecular formula is C21H22O2PPd+. The minimum absolute atomic E-state index is 0. The summed E-state index contributed by atoms with van der Waals surface area (Å²) in [5, 5.41) is 10.3. The molecule has 0 spiro atoms. The summed E-state index contributed by atoms with van der Waals surface area (Å²) in [7, 11) is -0.831. The van der Waals surface area contributed by atoms with Gasteiger partial charge in [-0.1, -0.05) is 36.4 Å². The van der Waals surface area contributed by atoms with Gasteiger partial charge in [-0.05, 0) is 31.2 Å². The van der Waals surface area contributed by atoms with Gasteiger partial charge in [0.05, 0.1) is 24.2 Å². The average Bonchev–Trinajstić information content (AvgIpc) is 3.11. The first-order valence-corrected chi connectivity index (χ1v) is 9.48. The van der Waals surface area contributed by atoms with Crippen molar-refractivity contribution in [2.75, 3.05) is 0 Å². The molecule has 0 aliphatic heterocycles. The number of hydrogen-bond donors (Lipinski definition) is 1.